The van der Waals surface area contributed by atoms with Crippen molar-refractivity contribution in [2.24, 2.45) is 5.73 Å². The standard InChI is InChI=1S/C16H17NO2/c17-10-9-13-7-4-8-15(11-13)16(18)19-12-14-5-2-1-3-6-14/h1-8,11H,9-10,12,17H2. The van der Waals surface area contributed by atoms with E-state index in [2.05, 4.69) is 0 Å². The normalized spacial score (nSPS) is 10.2. The van der Waals surface area contributed by atoms with E-state index in [4.69, 9.17) is 10.5 Å². The number of carbonyl (C=O) groups excluding carboxylic acids is 1. The summed E-state index contributed by atoms with van der Waals surface area (Å²) in [5, 5.41) is 0. The van der Waals surface area contributed by atoms with Gasteiger partial charge < -0.3 is 10.5 Å². The second-order valence-corrected chi connectivity index (χ2v) is 4.30. The van der Waals surface area contributed by atoms with Gasteiger partial charge in [0.1, 0.15) is 6.61 Å². The topological polar surface area (TPSA) is 52.3 Å². The SMILES string of the molecule is NCCc1cccc(C(=O)OCc2ccccc2)c1. The molecule has 0 atom stereocenters. The van der Waals surface area contributed by atoms with E-state index in [1.54, 1.807) is 6.07 Å². The minimum atomic E-state index is -0.303. The maximum absolute atomic E-state index is 11.9. The Hall–Kier alpha value is -2.13. The Morgan fingerprint density at radius 1 is 1.00 bits per heavy atom. The minimum absolute atomic E-state index is 0.292. The van der Waals surface area contributed by atoms with Gasteiger partial charge in [0, 0.05) is 0 Å². The number of hydrogen-bond acceptors (Lipinski definition) is 3. The highest BCUT2D eigenvalue weighted by molar-refractivity contribution is 5.89. The Labute approximate surface area is 113 Å². The van der Waals surface area contributed by atoms with Crippen LogP contribution in [0.1, 0.15) is 21.5 Å². The third-order valence-electron chi connectivity index (χ3n) is 2.81. The highest BCUT2D eigenvalue weighted by Gasteiger charge is 2.07. The molecule has 0 aliphatic carbocycles. The van der Waals surface area contributed by atoms with E-state index < -0.39 is 0 Å². The quantitative estimate of drug-likeness (QED) is 0.835. The van der Waals surface area contributed by atoms with E-state index in [-0.39, 0.29) is 5.97 Å². The maximum atomic E-state index is 11.9. The van der Waals surface area contributed by atoms with Crippen molar-refractivity contribution in [3.05, 3.63) is 71.3 Å². The molecule has 0 aliphatic heterocycles. The Kier molecular flexibility index (Phi) is 4.70. The predicted octanol–water partition coefficient (Wildman–Crippen LogP) is 2.54. The summed E-state index contributed by atoms with van der Waals surface area (Å²) in [5.41, 5.74) is 8.11. The summed E-state index contributed by atoms with van der Waals surface area (Å²) in [6.45, 7) is 0.864. The van der Waals surface area contributed by atoms with Gasteiger partial charge in [-0.2, -0.15) is 0 Å². The largest absolute Gasteiger partial charge is 0.457 e. The highest BCUT2D eigenvalue weighted by atomic mass is 16.5. The van der Waals surface area contributed by atoms with E-state index in [1.165, 1.54) is 0 Å². The first-order chi connectivity index (χ1) is 9.29. The predicted molar refractivity (Wildman–Crippen MR) is 74.8 cm³/mol. The molecule has 0 saturated heterocycles. The van der Waals surface area contributed by atoms with Crippen molar-refractivity contribution in [3.63, 3.8) is 0 Å². The van der Waals surface area contributed by atoms with Crippen LogP contribution >= 0.6 is 0 Å². The van der Waals surface area contributed by atoms with Crippen molar-refractivity contribution in [2.75, 3.05) is 6.54 Å². The van der Waals surface area contributed by atoms with Crippen LogP contribution in [0.15, 0.2) is 54.6 Å². The van der Waals surface area contributed by atoms with Crippen LogP contribution in [0, 0.1) is 0 Å². The lowest BCUT2D eigenvalue weighted by Gasteiger charge is -2.06. The van der Waals surface area contributed by atoms with Crippen molar-refractivity contribution in [1.29, 1.82) is 0 Å². The molecule has 0 saturated carbocycles. The maximum Gasteiger partial charge on any atom is 0.338 e. The van der Waals surface area contributed by atoms with Crippen LogP contribution < -0.4 is 5.73 Å². The van der Waals surface area contributed by atoms with Crippen molar-refractivity contribution in [2.45, 2.75) is 13.0 Å². The van der Waals surface area contributed by atoms with Crippen molar-refractivity contribution < 1.29 is 9.53 Å². The molecule has 0 unspecified atom stereocenters. The first-order valence-electron chi connectivity index (χ1n) is 6.29. The van der Waals surface area contributed by atoms with Gasteiger partial charge in [-0.05, 0) is 36.2 Å². The average Bonchev–Trinajstić information content (AvgIpc) is 2.46. The molecule has 0 aliphatic rings. The number of esters is 1. The summed E-state index contributed by atoms with van der Waals surface area (Å²) in [4.78, 5) is 11.9. The van der Waals surface area contributed by atoms with E-state index in [0.717, 1.165) is 17.5 Å². The summed E-state index contributed by atoms with van der Waals surface area (Å²) in [7, 11) is 0. The Morgan fingerprint density at radius 2 is 1.74 bits per heavy atom. The molecule has 2 aromatic rings. The highest BCUT2D eigenvalue weighted by Crippen LogP contribution is 2.09. The number of benzene rings is 2. The fourth-order valence-corrected chi connectivity index (χ4v) is 1.83. The van der Waals surface area contributed by atoms with Crippen molar-refractivity contribution in [1.82, 2.24) is 0 Å². The van der Waals surface area contributed by atoms with Crippen molar-refractivity contribution >= 4 is 5.97 Å². The molecule has 0 bridgehead atoms. The molecule has 2 rings (SSSR count). The average molecular weight is 255 g/mol. The Bertz CT molecular complexity index is 537. The van der Waals surface area contributed by atoms with E-state index in [1.807, 2.05) is 48.5 Å². The molecular formula is C16H17NO2. The van der Waals surface area contributed by atoms with Crippen LogP contribution in [-0.4, -0.2) is 12.5 Å². The minimum Gasteiger partial charge on any atom is -0.457 e. The molecule has 2 aromatic carbocycles. The van der Waals surface area contributed by atoms with Gasteiger partial charge in [0.15, 0.2) is 0 Å². The summed E-state index contributed by atoms with van der Waals surface area (Å²) in [6, 6.07) is 17.0. The van der Waals surface area contributed by atoms with Crippen LogP contribution in [-0.2, 0) is 17.8 Å². The van der Waals surface area contributed by atoms with E-state index in [9.17, 15) is 4.79 Å². The van der Waals surface area contributed by atoms with Gasteiger partial charge in [0.25, 0.3) is 0 Å². The fourth-order valence-electron chi connectivity index (χ4n) is 1.83. The number of hydrogen-bond donors (Lipinski definition) is 1. The van der Waals surface area contributed by atoms with Gasteiger partial charge >= 0.3 is 5.97 Å². The van der Waals surface area contributed by atoms with Crippen LogP contribution in [0.4, 0.5) is 0 Å². The van der Waals surface area contributed by atoms with Gasteiger partial charge in [0.05, 0.1) is 5.56 Å². The second kappa shape index (κ2) is 6.71. The van der Waals surface area contributed by atoms with E-state index in [0.29, 0.717) is 18.7 Å². The molecule has 0 spiro atoms. The fraction of sp³-hybridized carbons (Fsp3) is 0.188. The molecule has 2 N–H and O–H groups in total. The number of nitrogens with two attached hydrogens (primary N) is 1. The summed E-state index contributed by atoms with van der Waals surface area (Å²) in [6.07, 6.45) is 0.764. The molecule has 98 valence electrons. The molecule has 0 radical (unpaired) electrons. The Morgan fingerprint density at radius 3 is 2.47 bits per heavy atom. The summed E-state index contributed by atoms with van der Waals surface area (Å²) >= 11 is 0. The van der Waals surface area contributed by atoms with Gasteiger partial charge in [-0.15, -0.1) is 0 Å². The van der Waals surface area contributed by atoms with Crippen molar-refractivity contribution in [3.8, 4) is 0 Å². The zero-order valence-corrected chi connectivity index (χ0v) is 10.7. The molecule has 0 aromatic heterocycles. The first-order valence-corrected chi connectivity index (χ1v) is 6.29. The summed E-state index contributed by atoms with van der Waals surface area (Å²) in [5.74, 6) is -0.303. The molecule has 0 fully saturated rings. The lowest BCUT2D eigenvalue weighted by Crippen LogP contribution is -2.07. The molecule has 3 heteroatoms. The lowest BCUT2D eigenvalue weighted by molar-refractivity contribution is 0.0472. The Balaban J connectivity index is 1.98. The molecule has 0 amide bonds. The molecule has 0 heterocycles. The van der Waals surface area contributed by atoms with Crippen LogP contribution in [0.25, 0.3) is 0 Å². The van der Waals surface area contributed by atoms with E-state index >= 15 is 0 Å². The van der Waals surface area contributed by atoms with Gasteiger partial charge in [-0.3, -0.25) is 0 Å². The van der Waals surface area contributed by atoms with Crippen LogP contribution in [0.5, 0.6) is 0 Å². The van der Waals surface area contributed by atoms with Gasteiger partial charge in [-0.25, -0.2) is 4.79 Å². The third kappa shape index (κ3) is 3.93. The van der Waals surface area contributed by atoms with Crippen LogP contribution in [0.3, 0.4) is 0 Å². The zero-order chi connectivity index (χ0) is 13.5. The van der Waals surface area contributed by atoms with Gasteiger partial charge in [-0.1, -0.05) is 42.5 Å². The lowest BCUT2D eigenvalue weighted by atomic mass is 10.1. The van der Waals surface area contributed by atoms with Crippen LogP contribution in [0.2, 0.25) is 0 Å². The number of carbonyl (C=O) groups is 1. The monoisotopic (exact) mass is 255 g/mol. The second-order valence-electron chi connectivity index (χ2n) is 4.30. The third-order valence-corrected chi connectivity index (χ3v) is 2.81. The number of rotatable bonds is 5. The molecule has 19 heavy (non-hydrogen) atoms. The summed E-state index contributed by atoms with van der Waals surface area (Å²) < 4.78 is 5.28. The zero-order valence-electron chi connectivity index (χ0n) is 10.7. The van der Waals surface area contributed by atoms with Gasteiger partial charge in [0.2, 0.25) is 0 Å². The molecule has 3 nitrogen and oxygen atoms in total. The smallest absolute Gasteiger partial charge is 0.338 e. The molecular weight excluding hydrogens is 238 g/mol. The number of ether oxygens (including phenoxy) is 1. The first kappa shape index (κ1) is 13.3.